The molecule has 2 aromatic rings. The molecule has 0 amide bonds. The molecule has 110 valence electrons. The molecule has 0 aliphatic carbocycles. The molecule has 0 atom stereocenters. The second-order valence-electron chi connectivity index (χ2n) is 5.56. The number of aliphatic imine (C=N–C) groups is 1. The summed E-state index contributed by atoms with van der Waals surface area (Å²) in [4.78, 5) is 16.4. The Morgan fingerprint density at radius 1 is 0.955 bits per heavy atom. The summed E-state index contributed by atoms with van der Waals surface area (Å²) in [5, 5.41) is 0. The summed E-state index contributed by atoms with van der Waals surface area (Å²) in [7, 11) is 0. The van der Waals surface area contributed by atoms with E-state index in [2.05, 4.69) is 4.99 Å². The van der Waals surface area contributed by atoms with Crippen LogP contribution in [0.15, 0.2) is 53.2 Å². The Morgan fingerprint density at radius 2 is 1.64 bits per heavy atom. The van der Waals surface area contributed by atoms with Crippen LogP contribution in [0.25, 0.3) is 6.08 Å². The average Bonchev–Trinajstić information content (AvgIpc) is 2.85. The zero-order valence-corrected chi connectivity index (χ0v) is 12.9. The standard InChI is InChI=1S/C19H17NO2/c1-12-5-8-15(9-6-12)18-20-17(19(21)22-18)11-16-10-13(2)4-7-14(16)3/h4-11H,1-3H3/b17-11+. The molecule has 0 aromatic heterocycles. The van der Waals surface area contributed by atoms with Crippen molar-refractivity contribution in [1.29, 1.82) is 0 Å². The molecule has 0 radical (unpaired) electrons. The fraction of sp³-hybridized carbons (Fsp3) is 0.158. The van der Waals surface area contributed by atoms with Crippen LogP contribution in [0.1, 0.15) is 27.8 Å². The first-order valence-corrected chi connectivity index (χ1v) is 7.20. The largest absolute Gasteiger partial charge is 0.402 e. The van der Waals surface area contributed by atoms with Gasteiger partial charge in [0.05, 0.1) is 0 Å². The van der Waals surface area contributed by atoms with E-state index in [-0.39, 0.29) is 0 Å². The van der Waals surface area contributed by atoms with Crippen molar-refractivity contribution >= 4 is 17.9 Å². The van der Waals surface area contributed by atoms with Crippen LogP contribution in [0.4, 0.5) is 0 Å². The van der Waals surface area contributed by atoms with Crippen molar-refractivity contribution in [3.05, 3.63) is 76.0 Å². The van der Waals surface area contributed by atoms with Gasteiger partial charge in [0.25, 0.3) is 0 Å². The zero-order chi connectivity index (χ0) is 15.7. The van der Waals surface area contributed by atoms with Gasteiger partial charge in [0.2, 0.25) is 5.90 Å². The number of carbonyl (C=O) groups is 1. The minimum atomic E-state index is -0.406. The lowest BCUT2D eigenvalue weighted by molar-refractivity contribution is -0.129. The molecule has 1 heterocycles. The number of cyclic esters (lactones) is 1. The molecule has 0 bridgehead atoms. The van der Waals surface area contributed by atoms with Gasteiger partial charge in [-0.2, -0.15) is 0 Å². The van der Waals surface area contributed by atoms with Gasteiger partial charge in [-0.25, -0.2) is 9.79 Å². The first-order valence-electron chi connectivity index (χ1n) is 7.20. The summed E-state index contributed by atoms with van der Waals surface area (Å²) in [6, 6.07) is 13.9. The van der Waals surface area contributed by atoms with E-state index < -0.39 is 5.97 Å². The van der Waals surface area contributed by atoms with Crippen LogP contribution >= 0.6 is 0 Å². The smallest absolute Gasteiger partial charge is 0.363 e. The van der Waals surface area contributed by atoms with Crippen LogP contribution < -0.4 is 0 Å². The average molecular weight is 291 g/mol. The van der Waals surface area contributed by atoms with Gasteiger partial charge in [-0.1, -0.05) is 41.5 Å². The SMILES string of the molecule is Cc1ccc(C2=N/C(=C/c3cc(C)ccc3C)C(=O)O2)cc1. The number of nitrogens with zero attached hydrogens (tertiary/aromatic N) is 1. The highest BCUT2D eigenvalue weighted by atomic mass is 16.6. The molecule has 3 heteroatoms. The maximum absolute atomic E-state index is 12.0. The van der Waals surface area contributed by atoms with Crippen LogP contribution in [0.3, 0.4) is 0 Å². The minimum absolute atomic E-state index is 0.337. The maximum Gasteiger partial charge on any atom is 0.363 e. The van der Waals surface area contributed by atoms with Crippen molar-refractivity contribution in [3.63, 3.8) is 0 Å². The molecule has 0 saturated carbocycles. The van der Waals surface area contributed by atoms with E-state index in [1.165, 1.54) is 0 Å². The monoisotopic (exact) mass is 291 g/mol. The Hall–Kier alpha value is -2.68. The lowest BCUT2D eigenvalue weighted by atomic mass is 10.0. The maximum atomic E-state index is 12.0. The second kappa shape index (κ2) is 5.60. The van der Waals surface area contributed by atoms with Gasteiger partial charge in [0, 0.05) is 5.56 Å². The van der Waals surface area contributed by atoms with Gasteiger partial charge in [0.15, 0.2) is 5.70 Å². The number of hydrogen-bond acceptors (Lipinski definition) is 3. The minimum Gasteiger partial charge on any atom is -0.402 e. The van der Waals surface area contributed by atoms with Gasteiger partial charge in [-0.3, -0.25) is 0 Å². The quantitative estimate of drug-likeness (QED) is 0.620. The molecule has 3 nitrogen and oxygen atoms in total. The number of benzene rings is 2. The highest BCUT2D eigenvalue weighted by Crippen LogP contribution is 2.21. The summed E-state index contributed by atoms with van der Waals surface area (Å²) >= 11 is 0. The molecule has 2 aromatic carbocycles. The summed E-state index contributed by atoms with van der Waals surface area (Å²) in [6.07, 6.45) is 1.78. The number of hydrogen-bond donors (Lipinski definition) is 0. The Labute approximate surface area is 130 Å². The van der Waals surface area contributed by atoms with Gasteiger partial charge in [0.1, 0.15) is 0 Å². The Bertz CT molecular complexity index is 799. The van der Waals surface area contributed by atoms with E-state index in [9.17, 15) is 4.79 Å². The van der Waals surface area contributed by atoms with Crippen molar-refractivity contribution < 1.29 is 9.53 Å². The van der Waals surface area contributed by atoms with Crippen LogP contribution in [0.5, 0.6) is 0 Å². The molecular formula is C19H17NO2. The lowest BCUT2D eigenvalue weighted by Crippen LogP contribution is -2.05. The first-order chi connectivity index (χ1) is 10.5. The third-order valence-electron chi connectivity index (χ3n) is 3.65. The van der Waals surface area contributed by atoms with Gasteiger partial charge in [-0.05, 0) is 50.1 Å². The zero-order valence-electron chi connectivity index (χ0n) is 12.9. The highest BCUT2D eigenvalue weighted by Gasteiger charge is 2.24. The summed E-state index contributed by atoms with van der Waals surface area (Å²) in [6.45, 7) is 6.05. The second-order valence-corrected chi connectivity index (χ2v) is 5.56. The van der Waals surface area contributed by atoms with Gasteiger partial charge in [-0.15, -0.1) is 0 Å². The molecule has 1 aliphatic rings. The molecule has 0 N–H and O–H groups in total. The first kappa shape index (κ1) is 14.3. The topological polar surface area (TPSA) is 38.7 Å². The van der Waals surface area contributed by atoms with Crippen LogP contribution in [-0.4, -0.2) is 11.9 Å². The van der Waals surface area contributed by atoms with Crippen molar-refractivity contribution in [2.45, 2.75) is 20.8 Å². The Morgan fingerprint density at radius 3 is 2.36 bits per heavy atom. The predicted molar refractivity (Wildman–Crippen MR) is 87.7 cm³/mol. The van der Waals surface area contributed by atoms with Crippen molar-refractivity contribution in [1.82, 2.24) is 0 Å². The van der Waals surface area contributed by atoms with E-state index in [4.69, 9.17) is 4.74 Å². The van der Waals surface area contributed by atoms with E-state index in [1.807, 2.05) is 63.2 Å². The third-order valence-corrected chi connectivity index (χ3v) is 3.65. The number of carbonyl (C=O) groups excluding carboxylic acids is 1. The molecule has 0 unspecified atom stereocenters. The molecule has 0 saturated heterocycles. The number of ether oxygens (including phenoxy) is 1. The van der Waals surface area contributed by atoms with Crippen LogP contribution in [0.2, 0.25) is 0 Å². The molecule has 0 spiro atoms. The summed E-state index contributed by atoms with van der Waals surface area (Å²) in [5.74, 6) is -0.0435. The van der Waals surface area contributed by atoms with E-state index in [0.717, 1.165) is 27.8 Å². The van der Waals surface area contributed by atoms with Crippen molar-refractivity contribution in [3.8, 4) is 0 Å². The molecule has 1 aliphatic heterocycles. The van der Waals surface area contributed by atoms with Crippen LogP contribution in [-0.2, 0) is 9.53 Å². The molecule has 3 rings (SSSR count). The fourth-order valence-electron chi connectivity index (χ4n) is 2.29. The molecule has 0 fully saturated rings. The highest BCUT2D eigenvalue weighted by molar-refractivity contribution is 6.12. The van der Waals surface area contributed by atoms with E-state index in [1.54, 1.807) is 6.08 Å². The van der Waals surface area contributed by atoms with Gasteiger partial charge >= 0.3 is 5.97 Å². The third kappa shape index (κ3) is 2.84. The van der Waals surface area contributed by atoms with E-state index in [0.29, 0.717) is 11.6 Å². The fourth-order valence-corrected chi connectivity index (χ4v) is 2.29. The molecule has 22 heavy (non-hydrogen) atoms. The normalized spacial score (nSPS) is 15.9. The molecular weight excluding hydrogens is 274 g/mol. The summed E-state index contributed by atoms with van der Waals surface area (Å²) in [5.41, 5.74) is 5.53. The summed E-state index contributed by atoms with van der Waals surface area (Å²) < 4.78 is 5.28. The lowest BCUT2D eigenvalue weighted by Gasteiger charge is -2.01. The number of esters is 1. The Kier molecular flexibility index (Phi) is 3.63. The van der Waals surface area contributed by atoms with Crippen molar-refractivity contribution in [2.24, 2.45) is 4.99 Å². The van der Waals surface area contributed by atoms with Crippen LogP contribution in [0, 0.1) is 20.8 Å². The number of aryl methyl sites for hydroxylation is 3. The van der Waals surface area contributed by atoms with Crippen molar-refractivity contribution in [2.75, 3.05) is 0 Å². The number of rotatable bonds is 2. The van der Waals surface area contributed by atoms with E-state index >= 15 is 0 Å². The van der Waals surface area contributed by atoms with Gasteiger partial charge < -0.3 is 4.74 Å². The predicted octanol–water partition coefficient (Wildman–Crippen LogP) is 3.96. The Balaban J connectivity index is 1.97.